The molecule has 6 aliphatic heterocycles. The fourth-order valence-electron chi connectivity index (χ4n) is 14.6. The molecule has 0 spiro atoms. The van der Waals surface area contributed by atoms with Crippen molar-refractivity contribution in [3.63, 3.8) is 0 Å². The van der Waals surface area contributed by atoms with Crippen LogP contribution in [-0.2, 0) is 77.7 Å². The molecule has 5 aromatic heterocycles. The van der Waals surface area contributed by atoms with Crippen LogP contribution < -0.4 is 11.5 Å². The molecule has 9 atom stereocenters. The Kier molecular flexibility index (Phi) is 22.3. The minimum atomic E-state index is -3.04. The summed E-state index contributed by atoms with van der Waals surface area (Å²) in [4.78, 5) is 87.6. The number of nitrogens with two attached hydrogens (primary N) is 2. The van der Waals surface area contributed by atoms with Gasteiger partial charge >= 0.3 is 11.9 Å². The maximum atomic E-state index is 15.6. The molecule has 24 nitrogen and oxygen atoms in total. The Morgan fingerprint density at radius 3 is 1.19 bits per heavy atom. The summed E-state index contributed by atoms with van der Waals surface area (Å²) in [5, 5.41) is 16.4. The van der Waals surface area contributed by atoms with Crippen molar-refractivity contribution < 1.29 is 54.4 Å². The Bertz CT molecular complexity index is 4980. The highest BCUT2D eigenvalue weighted by atomic mass is 32.2. The molecule has 6 aliphatic rings. The number of halogens is 3. The number of aromatic nitrogens is 5. The van der Waals surface area contributed by atoms with Crippen molar-refractivity contribution in [1.29, 1.82) is 10.5 Å². The molecule has 0 amide bonds. The summed E-state index contributed by atoms with van der Waals surface area (Å²) in [6.07, 6.45) is 5.75. The number of hydrogen-bond acceptors (Lipinski definition) is 24. The number of ether oxygens (including phenoxy) is 2. The van der Waals surface area contributed by atoms with Crippen LogP contribution in [0.2, 0.25) is 0 Å². The summed E-state index contributed by atoms with van der Waals surface area (Å²) >= 11 is 0. The number of anilines is 1. The molecule has 0 aromatic carbocycles. The number of nitriles is 2. The third kappa shape index (κ3) is 15.4. The number of rotatable bonds is 13. The average Bonchev–Trinajstić information content (AvgIpc) is 0.716. The van der Waals surface area contributed by atoms with E-state index in [-0.39, 0.29) is 77.4 Å². The number of carbonyl (C=O) groups is 4. The van der Waals surface area contributed by atoms with Gasteiger partial charge in [-0.15, -0.1) is 0 Å². The van der Waals surface area contributed by atoms with E-state index in [2.05, 4.69) is 43.0 Å². The molecule has 11 heterocycles. The van der Waals surface area contributed by atoms with Gasteiger partial charge in [0.05, 0.1) is 91.2 Å². The number of nitrogens with zero attached hydrogens (tertiary/aromatic N) is 13. The van der Waals surface area contributed by atoms with Crippen LogP contribution in [0.15, 0.2) is 89.0 Å². The molecular formula is C75H94F3N15O9S3. The van der Waals surface area contributed by atoms with E-state index < -0.39 is 116 Å². The first-order chi connectivity index (χ1) is 48.7. The monoisotopic (exact) mass is 1500 g/mol. The van der Waals surface area contributed by atoms with Gasteiger partial charge in [0.1, 0.15) is 102 Å². The van der Waals surface area contributed by atoms with Crippen molar-refractivity contribution in [2.75, 3.05) is 25.4 Å². The standard InChI is InChI=1S/C30H36FN5O4S.C24H27FN6O2S.C21H31FN4O3S/c1-18-13-19(16-32)17-33-26(18)22(37)14-20-10-11-21(31)27(35-20)30(7)24-9-8-12-34-41(24,39)29(5,6)23(36-30)15-25(38)40-28(2,3)4;1-14-10-15(12-26)13-28-20(14)18(32)11-16-7-8-17(25)21(30-16)24(4)19-6-5-9-29-34(19,33)23(2,3)22(27)31-24;1-19(2,3)29-17(27)12-14-20(4,5)30(28)15(8-7-11-24-30)21(6,26-14)18-13(22)9-10-16(23)25-18/h10-11,13,17,24H,8-9,12,14-15H2,1-7H3;7-8,10,13,19H,5-6,9,11H2,1-4H3,(H2,27,31);9-10,15H,7-8,11-12H2,1-6H3,(H2,23,25)/t24-,30+,41-;19-,24+,34-;15-,21+,30-/m111/s1. The summed E-state index contributed by atoms with van der Waals surface area (Å²) in [5.41, 5.74) is 10.4. The number of pyridine rings is 5. The molecule has 0 unspecified atom stereocenters. The molecule has 105 heavy (non-hydrogen) atoms. The zero-order valence-corrected chi connectivity index (χ0v) is 65.1. The first-order valence-corrected chi connectivity index (χ1v) is 39.6. The van der Waals surface area contributed by atoms with E-state index in [1.165, 1.54) is 48.8 Å². The lowest BCUT2D eigenvalue weighted by molar-refractivity contribution is -0.154. The lowest BCUT2D eigenvalue weighted by atomic mass is 9.87. The fourth-order valence-corrected chi connectivity index (χ4v) is 24.5. The number of hydrogen-bond donors (Lipinski definition) is 2. The van der Waals surface area contributed by atoms with Gasteiger partial charge in [-0.25, -0.2) is 43.9 Å². The number of Topliss-reactive ketones (excluding diaryl/α,β-unsaturated/α-hetero) is 2. The maximum Gasteiger partial charge on any atom is 0.312 e. The lowest BCUT2D eigenvalue weighted by Crippen LogP contribution is -2.60. The van der Waals surface area contributed by atoms with Gasteiger partial charge < -0.3 is 20.9 Å². The summed E-state index contributed by atoms with van der Waals surface area (Å²) in [7, 11) is -8.80. The number of nitrogen functional groups attached to an aromatic ring is 1. The van der Waals surface area contributed by atoms with Crippen LogP contribution in [0.3, 0.4) is 0 Å². The zero-order chi connectivity index (χ0) is 77.8. The van der Waals surface area contributed by atoms with E-state index in [0.717, 1.165) is 6.42 Å². The maximum absolute atomic E-state index is 15.6. The van der Waals surface area contributed by atoms with E-state index in [4.69, 9.17) is 41.4 Å². The van der Waals surface area contributed by atoms with Crippen LogP contribution in [0, 0.1) is 54.0 Å². The second-order valence-corrected chi connectivity index (χ2v) is 40.3. The van der Waals surface area contributed by atoms with Crippen molar-refractivity contribution >= 4 is 75.8 Å². The number of esters is 2. The number of aryl methyl sites for hydroxylation is 2. The van der Waals surface area contributed by atoms with Gasteiger partial charge in [-0.2, -0.15) is 10.5 Å². The van der Waals surface area contributed by atoms with Gasteiger partial charge in [-0.05, 0) is 216 Å². The van der Waals surface area contributed by atoms with E-state index >= 15 is 8.78 Å². The van der Waals surface area contributed by atoms with Crippen molar-refractivity contribution in [3.8, 4) is 12.1 Å². The van der Waals surface area contributed by atoms with Crippen LogP contribution in [0.25, 0.3) is 0 Å². The SMILES string of the molecule is CC(C)(C)OC(=O)CC1=N[C@](C)(c2nc(N)ccc2F)[C@H]2CCCN=[S@]2(=O)C1(C)C.Cc1cc(C#N)cnc1C(=O)Cc1ccc(F)c([C@@]2(C)N=C(CC(=O)OC(C)(C)C)C(C)(C)[S@@]3(=O)=NCCC[C@H]23)n1.Cc1cc(C#N)cnc1C(=O)Cc1ccc(F)c([C@@]2(C)N=C(N)C(C)(C)[S@@]3(=O)=NCCC[C@H]23)n1. The molecule has 0 fully saturated rings. The lowest BCUT2D eigenvalue weighted by Gasteiger charge is -2.48. The van der Waals surface area contributed by atoms with E-state index in [0.29, 0.717) is 96.8 Å². The van der Waals surface area contributed by atoms with Gasteiger partial charge in [-0.3, -0.25) is 54.1 Å². The Labute approximate surface area is 613 Å². The van der Waals surface area contributed by atoms with Crippen LogP contribution in [0.1, 0.15) is 227 Å². The number of ketones is 2. The van der Waals surface area contributed by atoms with Crippen LogP contribution in [0.5, 0.6) is 0 Å². The number of carbonyl (C=O) groups excluding carboxylic acids is 4. The topological polar surface area (TPSA) is 376 Å². The smallest absolute Gasteiger partial charge is 0.312 e. The summed E-state index contributed by atoms with van der Waals surface area (Å²) in [5.74, 6) is -3.16. The van der Waals surface area contributed by atoms with Gasteiger partial charge in [0.25, 0.3) is 0 Å². The third-order valence-corrected chi connectivity index (χ3v) is 31.4. The molecule has 562 valence electrons. The highest BCUT2D eigenvalue weighted by Crippen LogP contribution is 2.51. The first-order valence-electron chi connectivity index (χ1n) is 34.8. The number of aliphatic imine (C=N–C) groups is 3. The van der Waals surface area contributed by atoms with E-state index in [1.807, 2.05) is 12.1 Å². The summed E-state index contributed by atoms with van der Waals surface area (Å²) < 4.78 is 111. The third-order valence-electron chi connectivity index (χ3n) is 20.3. The quantitative estimate of drug-likeness (QED) is 0.0816. The number of fused-ring (bicyclic) bond motifs is 3. The van der Waals surface area contributed by atoms with E-state index in [9.17, 15) is 36.2 Å². The molecule has 5 aromatic rings. The molecule has 0 saturated carbocycles. The Hall–Kier alpha value is -8.74. The second-order valence-electron chi connectivity index (χ2n) is 31.3. The Balaban J connectivity index is 0.000000185. The minimum Gasteiger partial charge on any atom is -0.460 e. The first kappa shape index (κ1) is 80.4. The average molecular weight is 1500 g/mol. The largest absolute Gasteiger partial charge is 0.460 e. The molecule has 0 radical (unpaired) electrons. The zero-order valence-electron chi connectivity index (χ0n) is 62.7. The predicted molar refractivity (Wildman–Crippen MR) is 398 cm³/mol. The Morgan fingerprint density at radius 2 is 0.848 bits per heavy atom. The van der Waals surface area contributed by atoms with Crippen LogP contribution in [-0.4, -0.2) is 139 Å². The van der Waals surface area contributed by atoms with Crippen LogP contribution in [0.4, 0.5) is 19.0 Å². The normalized spacial score (nSPS) is 27.6. The molecule has 0 aliphatic carbocycles. The van der Waals surface area contributed by atoms with Gasteiger partial charge in [0.15, 0.2) is 11.6 Å². The molecular weight excluding hydrogens is 1410 g/mol. The molecule has 4 N–H and O–H groups in total. The minimum absolute atomic E-state index is 0.00980. The van der Waals surface area contributed by atoms with Crippen molar-refractivity contribution in [1.82, 2.24) is 24.9 Å². The molecule has 11 rings (SSSR count). The molecule has 0 saturated heterocycles. The summed E-state index contributed by atoms with van der Waals surface area (Å²) in [6.45, 7) is 31.1. The highest BCUT2D eigenvalue weighted by molar-refractivity contribution is 7.97. The van der Waals surface area contributed by atoms with Gasteiger partial charge in [0, 0.05) is 54.8 Å². The van der Waals surface area contributed by atoms with Gasteiger partial charge in [-0.1, -0.05) is 0 Å². The number of amidine groups is 1. The summed E-state index contributed by atoms with van der Waals surface area (Å²) in [6, 6.07) is 15.1. The fraction of sp³-hybridized carbons (Fsp3) is 0.547. The van der Waals surface area contributed by atoms with Crippen molar-refractivity contribution in [2.45, 2.75) is 240 Å². The van der Waals surface area contributed by atoms with Crippen molar-refractivity contribution in [3.05, 3.63) is 140 Å². The molecule has 0 bridgehead atoms. The molecule has 30 heteroatoms. The Morgan fingerprint density at radius 1 is 0.514 bits per heavy atom. The highest BCUT2D eigenvalue weighted by Gasteiger charge is 2.60. The van der Waals surface area contributed by atoms with Crippen LogP contribution >= 0.6 is 0 Å². The second kappa shape index (κ2) is 29.2. The van der Waals surface area contributed by atoms with Gasteiger partial charge in [0.2, 0.25) is 0 Å². The predicted octanol–water partition coefficient (Wildman–Crippen LogP) is 11.9. The van der Waals surface area contributed by atoms with Crippen molar-refractivity contribution in [2.24, 2.45) is 33.8 Å². The van der Waals surface area contributed by atoms with E-state index in [1.54, 1.807) is 130 Å².